The standard InChI is InChI=1S/C10H16AsN/c1-4-11(12(2)3)10-8-6-5-7-9-10/h5-9H,4H2,1-3H3. The summed E-state index contributed by atoms with van der Waals surface area (Å²) in [6, 6.07) is 10.9. The van der Waals surface area contributed by atoms with Crippen LogP contribution in [-0.2, 0) is 0 Å². The molecule has 1 aromatic rings. The molecular weight excluding hydrogens is 209 g/mol. The van der Waals surface area contributed by atoms with Gasteiger partial charge in [-0.05, 0) is 0 Å². The zero-order valence-electron chi connectivity index (χ0n) is 7.99. The predicted octanol–water partition coefficient (Wildman–Crippen LogP) is 1.47. The second-order valence-electron chi connectivity index (χ2n) is 2.90. The van der Waals surface area contributed by atoms with Crippen LogP contribution in [0.5, 0.6) is 0 Å². The third-order valence-corrected chi connectivity index (χ3v) is 7.00. The zero-order chi connectivity index (χ0) is 8.97. The summed E-state index contributed by atoms with van der Waals surface area (Å²) in [6.07, 6.45) is 0. The Morgan fingerprint density at radius 2 is 1.75 bits per heavy atom. The van der Waals surface area contributed by atoms with E-state index in [9.17, 15) is 0 Å². The van der Waals surface area contributed by atoms with Gasteiger partial charge in [-0.3, -0.25) is 0 Å². The molecule has 0 saturated carbocycles. The summed E-state index contributed by atoms with van der Waals surface area (Å²) < 4.78 is 3.96. The molecule has 0 aliphatic rings. The van der Waals surface area contributed by atoms with Crippen LogP contribution in [0.3, 0.4) is 0 Å². The van der Waals surface area contributed by atoms with Crippen molar-refractivity contribution >= 4 is 19.2 Å². The van der Waals surface area contributed by atoms with E-state index in [1.54, 1.807) is 4.35 Å². The molecule has 0 amide bonds. The van der Waals surface area contributed by atoms with E-state index in [1.165, 1.54) is 5.21 Å². The summed E-state index contributed by atoms with van der Waals surface area (Å²) >= 11 is -0.880. The summed E-state index contributed by atoms with van der Waals surface area (Å²) in [7, 11) is 4.38. The van der Waals surface area contributed by atoms with E-state index in [0.717, 1.165) is 0 Å². The molecule has 66 valence electrons. The fraction of sp³-hybridized carbons (Fsp3) is 0.400. The SMILES string of the molecule is CC[As](c1ccccc1)N(C)C. The molecule has 0 aliphatic heterocycles. The van der Waals surface area contributed by atoms with Crippen LogP contribution < -0.4 is 4.35 Å². The first-order valence-electron chi connectivity index (χ1n) is 4.25. The summed E-state index contributed by atoms with van der Waals surface area (Å²) in [5, 5.41) is 1.31. The average molecular weight is 225 g/mol. The van der Waals surface area contributed by atoms with Crippen molar-refractivity contribution in [2.75, 3.05) is 14.1 Å². The Morgan fingerprint density at radius 3 is 2.17 bits per heavy atom. The maximum absolute atomic E-state index is 2.41. The molecule has 0 fully saturated rings. The van der Waals surface area contributed by atoms with Gasteiger partial charge in [0, 0.05) is 0 Å². The minimum atomic E-state index is -0.880. The maximum atomic E-state index is 2.41. The topological polar surface area (TPSA) is 3.24 Å². The van der Waals surface area contributed by atoms with Gasteiger partial charge >= 0.3 is 79.6 Å². The van der Waals surface area contributed by atoms with Gasteiger partial charge in [-0.15, -0.1) is 0 Å². The molecule has 1 unspecified atom stereocenters. The minimum absolute atomic E-state index is 0.880. The number of nitrogens with zero attached hydrogens (tertiary/aromatic N) is 1. The third-order valence-electron chi connectivity index (χ3n) is 1.84. The van der Waals surface area contributed by atoms with Crippen molar-refractivity contribution in [3.05, 3.63) is 30.3 Å². The molecule has 1 atom stereocenters. The van der Waals surface area contributed by atoms with Gasteiger partial charge in [0.15, 0.2) is 0 Å². The molecule has 0 heterocycles. The first-order chi connectivity index (χ1) is 5.75. The van der Waals surface area contributed by atoms with Crippen LogP contribution >= 0.6 is 0 Å². The van der Waals surface area contributed by atoms with Gasteiger partial charge in [-0.1, -0.05) is 0 Å². The van der Waals surface area contributed by atoms with Crippen LogP contribution in [-0.4, -0.2) is 32.8 Å². The van der Waals surface area contributed by atoms with E-state index in [-0.39, 0.29) is 0 Å². The molecule has 1 rings (SSSR count). The van der Waals surface area contributed by atoms with Gasteiger partial charge in [-0.2, -0.15) is 0 Å². The summed E-state index contributed by atoms with van der Waals surface area (Å²) in [6.45, 7) is 2.28. The number of benzene rings is 1. The van der Waals surface area contributed by atoms with E-state index in [0.29, 0.717) is 0 Å². The van der Waals surface area contributed by atoms with Crippen LogP contribution in [0.15, 0.2) is 30.3 Å². The fourth-order valence-corrected chi connectivity index (χ4v) is 5.30. The van der Waals surface area contributed by atoms with Gasteiger partial charge in [0.05, 0.1) is 0 Å². The first kappa shape index (κ1) is 9.82. The molecule has 0 aromatic heterocycles. The van der Waals surface area contributed by atoms with Crippen molar-refractivity contribution in [3.8, 4) is 0 Å². The van der Waals surface area contributed by atoms with Crippen molar-refractivity contribution in [2.24, 2.45) is 0 Å². The molecule has 0 N–H and O–H groups in total. The summed E-state index contributed by atoms with van der Waals surface area (Å²) in [5.74, 6) is 0. The van der Waals surface area contributed by atoms with Crippen LogP contribution in [0.2, 0.25) is 5.21 Å². The molecule has 0 radical (unpaired) electrons. The molecule has 0 saturated heterocycles. The Kier molecular flexibility index (Phi) is 3.84. The second-order valence-corrected chi connectivity index (χ2v) is 8.66. The molecule has 0 bridgehead atoms. The molecule has 2 heteroatoms. The molecule has 1 aromatic carbocycles. The van der Waals surface area contributed by atoms with E-state index in [4.69, 9.17) is 0 Å². The first-order valence-corrected chi connectivity index (χ1v) is 7.36. The Labute approximate surface area is 79.9 Å². The monoisotopic (exact) mass is 225 g/mol. The molecule has 12 heavy (non-hydrogen) atoms. The normalized spacial score (nSPS) is 13.3. The Hall–Kier alpha value is -0.262. The van der Waals surface area contributed by atoms with E-state index in [1.807, 2.05) is 0 Å². The Bertz CT molecular complexity index is 221. The van der Waals surface area contributed by atoms with Crippen molar-refractivity contribution in [3.63, 3.8) is 0 Å². The molecule has 0 aliphatic carbocycles. The van der Waals surface area contributed by atoms with Gasteiger partial charge in [0.2, 0.25) is 0 Å². The number of rotatable bonds is 3. The summed E-state index contributed by atoms with van der Waals surface area (Å²) in [5.41, 5.74) is 0. The Balaban J connectivity index is 2.80. The van der Waals surface area contributed by atoms with Gasteiger partial charge in [0.1, 0.15) is 0 Å². The van der Waals surface area contributed by atoms with Crippen LogP contribution in [0.1, 0.15) is 6.92 Å². The second kappa shape index (κ2) is 4.69. The van der Waals surface area contributed by atoms with Gasteiger partial charge in [0.25, 0.3) is 0 Å². The zero-order valence-corrected chi connectivity index (χ0v) is 9.86. The van der Waals surface area contributed by atoms with E-state index >= 15 is 0 Å². The van der Waals surface area contributed by atoms with Crippen molar-refractivity contribution < 1.29 is 0 Å². The number of hydrogen-bond donors (Lipinski definition) is 0. The van der Waals surface area contributed by atoms with Gasteiger partial charge in [-0.25, -0.2) is 0 Å². The Morgan fingerprint density at radius 1 is 1.17 bits per heavy atom. The van der Waals surface area contributed by atoms with Gasteiger partial charge < -0.3 is 0 Å². The van der Waals surface area contributed by atoms with Crippen molar-refractivity contribution in [1.29, 1.82) is 0 Å². The van der Waals surface area contributed by atoms with E-state index < -0.39 is 14.9 Å². The molecule has 1 nitrogen and oxygen atoms in total. The van der Waals surface area contributed by atoms with Crippen LogP contribution in [0.4, 0.5) is 0 Å². The van der Waals surface area contributed by atoms with Crippen molar-refractivity contribution in [1.82, 2.24) is 3.82 Å². The third kappa shape index (κ3) is 2.36. The average Bonchev–Trinajstić information content (AvgIpc) is 2.07. The predicted molar refractivity (Wildman–Crippen MR) is 56.0 cm³/mol. The summed E-state index contributed by atoms with van der Waals surface area (Å²) in [4.78, 5) is 0. The van der Waals surface area contributed by atoms with E-state index in [2.05, 4.69) is 55.2 Å². The fourth-order valence-electron chi connectivity index (χ4n) is 1.30. The number of hydrogen-bond acceptors (Lipinski definition) is 1. The van der Waals surface area contributed by atoms with Crippen LogP contribution in [0, 0.1) is 0 Å². The quantitative estimate of drug-likeness (QED) is 0.704. The molecule has 0 spiro atoms. The van der Waals surface area contributed by atoms with Crippen LogP contribution in [0.25, 0.3) is 0 Å². The van der Waals surface area contributed by atoms with Crippen molar-refractivity contribution in [2.45, 2.75) is 12.1 Å². The molecular formula is C10H16AsN.